The van der Waals surface area contributed by atoms with Gasteiger partial charge in [-0.2, -0.15) is 0 Å². The lowest BCUT2D eigenvalue weighted by molar-refractivity contribution is -0.941. The highest BCUT2D eigenvalue weighted by atomic mass is 35.5. The average Bonchev–Trinajstić information content (AvgIpc) is 2.86. The summed E-state index contributed by atoms with van der Waals surface area (Å²) in [5.74, 6) is 0. The van der Waals surface area contributed by atoms with E-state index in [4.69, 9.17) is 0 Å². The first kappa shape index (κ1) is 34.5. The number of hydrogen-bond donors (Lipinski definition) is 0. The van der Waals surface area contributed by atoms with Crippen LogP contribution in [0.15, 0.2) is 30.3 Å². The van der Waals surface area contributed by atoms with Gasteiger partial charge in [0.25, 0.3) is 0 Å². The summed E-state index contributed by atoms with van der Waals surface area (Å²) in [6, 6.07) is 11.3. The highest BCUT2D eigenvalue weighted by Gasteiger charge is 2.26. The Bertz CT molecular complexity index is 521. The molecule has 0 bridgehead atoms. The van der Waals surface area contributed by atoms with Crippen molar-refractivity contribution < 1.29 is 16.9 Å². The highest BCUT2D eigenvalue weighted by Crippen LogP contribution is 2.21. The van der Waals surface area contributed by atoms with Crippen LogP contribution in [0.3, 0.4) is 0 Å². The van der Waals surface area contributed by atoms with E-state index in [1.807, 2.05) is 0 Å². The summed E-state index contributed by atoms with van der Waals surface area (Å²) in [7, 11) is 0. The van der Waals surface area contributed by atoms with Gasteiger partial charge in [0, 0.05) is 5.56 Å². The van der Waals surface area contributed by atoms with Crippen molar-refractivity contribution in [3.63, 3.8) is 0 Å². The second kappa shape index (κ2) is 25.1. The predicted molar refractivity (Wildman–Crippen MR) is 154 cm³/mol. The summed E-state index contributed by atoms with van der Waals surface area (Å²) in [5, 5.41) is 0. The Hall–Kier alpha value is -0.530. The first-order valence-corrected chi connectivity index (χ1v) is 15.7. The van der Waals surface area contributed by atoms with Crippen molar-refractivity contribution in [1.29, 1.82) is 0 Å². The summed E-state index contributed by atoms with van der Waals surface area (Å²) >= 11 is 0. The number of halogens is 1. The second-order valence-electron chi connectivity index (χ2n) is 11.2. The number of hydrogen-bond acceptors (Lipinski definition) is 0. The molecule has 0 radical (unpaired) electrons. The largest absolute Gasteiger partial charge is 1.00 e. The Morgan fingerprint density at radius 1 is 0.429 bits per heavy atom. The number of unbranched alkanes of at least 4 members (excludes halogenated alkanes) is 17. The fraction of sp³-hybridized carbons (Fsp3) is 0.818. The van der Waals surface area contributed by atoms with Gasteiger partial charge >= 0.3 is 0 Å². The lowest BCUT2D eigenvalue weighted by Gasteiger charge is -2.39. The second-order valence-corrected chi connectivity index (χ2v) is 11.2. The van der Waals surface area contributed by atoms with Crippen molar-refractivity contribution in [2.45, 2.75) is 156 Å². The van der Waals surface area contributed by atoms with E-state index in [0.717, 1.165) is 0 Å². The van der Waals surface area contributed by atoms with Crippen LogP contribution in [0.2, 0.25) is 0 Å². The molecule has 1 aromatic carbocycles. The maximum Gasteiger partial charge on any atom is 0.104 e. The molecular weight excluding hydrogens is 446 g/mol. The molecule has 0 aromatic heterocycles. The van der Waals surface area contributed by atoms with E-state index >= 15 is 0 Å². The Labute approximate surface area is 227 Å². The fourth-order valence-electron chi connectivity index (χ4n) is 5.53. The average molecular weight is 508 g/mol. The van der Waals surface area contributed by atoms with Crippen molar-refractivity contribution in [2.75, 3.05) is 19.6 Å². The third-order valence-electron chi connectivity index (χ3n) is 7.82. The molecule has 0 heterocycles. The number of nitrogens with zero attached hydrogens (tertiary/aromatic N) is 1. The molecule has 206 valence electrons. The molecule has 0 aliphatic heterocycles. The van der Waals surface area contributed by atoms with Gasteiger partial charge in [0.1, 0.15) is 6.54 Å². The minimum atomic E-state index is 0. The fourth-order valence-corrected chi connectivity index (χ4v) is 5.53. The van der Waals surface area contributed by atoms with Gasteiger partial charge in [0.05, 0.1) is 19.6 Å². The first-order valence-electron chi connectivity index (χ1n) is 15.7. The van der Waals surface area contributed by atoms with Crippen LogP contribution in [0.25, 0.3) is 0 Å². The van der Waals surface area contributed by atoms with Crippen LogP contribution in [0.1, 0.15) is 155 Å². The molecule has 0 atom stereocenters. The zero-order valence-corrected chi connectivity index (χ0v) is 24.9. The predicted octanol–water partition coefficient (Wildman–Crippen LogP) is 7.87. The van der Waals surface area contributed by atoms with E-state index in [2.05, 4.69) is 51.1 Å². The Morgan fingerprint density at radius 2 is 0.771 bits per heavy atom. The smallest absolute Gasteiger partial charge is 0.104 e. The van der Waals surface area contributed by atoms with Crippen molar-refractivity contribution in [3.8, 4) is 0 Å². The van der Waals surface area contributed by atoms with E-state index in [0.29, 0.717) is 0 Å². The molecule has 0 fully saturated rings. The Balaban J connectivity index is 0.0000116. The standard InChI is InChI=1S/C33H62N.ClH/c1-4-7-10-11-12-13-14-15-16-17-18-19-20-21-22-26-31-34(29-8-5-2,30-9-6-3)32-33-27-24-23-25-28-33;/h23-25,27-28H,4-22,26,29-32H2,1-3H3;1H/q+1;/p-1. The maximum atomic E-state index is 2.35. The van der Waals surface area contributed by atoms with Gasteiger partial charge in [-0.15, -0.1) is 0 Å². The minimum Gasteiger partial charge on any atom is -1.00 e. The number of benzene rings is 1. The van der Waals surface area contributed by atoms with Crippen LogP contribution in [0.5, 0.6) is 0 Å². The molecule has 35 heavy (non-hydrogen) atoms. The molecule has 0 saturated heterocycles. The molecule has 0 saturated carbocycles. The molecule has 1 aromatic rings. The van der Waals surface area contributed by atoms with Crippen molar-refractivity contribution >= 4 is 0 Å². The van der Waals surface area contributed by atoms with Crippen LogP contribution >= 0.6 is 0 Å². The van der Waals surface area contributed by atoms with Gasteiger partial charge in [-0.25, -0.2) is 0 Å². The van der Waals surface area contributed by atoms with Crippen LogP contribution in [-0.2, 0) is 6.54 Å². The van der Waals surface area contributed by atoms with Crippen molar-refractivity contribution in [2.24, 2.45) is 0 Å². The highest BCUT2D eigenvalue weighted by molar-refractivity contribution is 5.13. The molecule has 1 nitrogen and oxygen atoms in total. The van der Waals surface area contributed by atoms with Gasteiger partial charge < -0.3 is 16.9 Å². The van der Waals surface area contributed by atoms with Gasteiger partial charge in [0.2, 0.25) is 0 Å². The van der Waals surface area contributed by atoms with E-state index in [9.17, 15) is 0 Å². The molecular formula is C33H62ClN. The summed E-state index contributed by atoms with van der Waals surface area (Å²) in [4.78, 5) is 0. The van der Waals surface area contributed by atoms with E-state index < -0.39 is 0 Å². The topological polar surface area (TPSA) is 0 Å². The summed E-state index contributed by atoms with van der Waals surface area (Å²) in [6.07, 6.45) is 28.7. The van der Waals surface area contributed by atoms with Crippen molar-refractivity contribution in [1.82, 2.24) is 0 Å². The third-order valence-corrected chi connectivity index (χ3v) is 7.82. The van der Waals surface area contributed by atoms with E-state index in [1.165, 1.54) is 165 Å². The molecule has 0 unspecified atom stereocenters. The zero-order valence-electron chi connectivity index (χ0n) is 24.2. The SMILES string of the molecule is CCCCCCCCCCCCCCCCCC[N+](CCCC)(CCCC)Cc1ccccc1.[Cl-]. The Kier molecular flexibility index (Phi) is 24.8. The van der Waals surface area contributed by atoms with Crippen LogP contribution < -0.4 is 12.4 Å². The Morgan fingerprint density at radius 3 is 1.17 bits per heavy atom. The van der Waals surface area contributed by atoms with Crippen molar-refractivity contribution in [3.05, 3.63) is 35.9 Å². The number of quaternary nitrogens is 1. The minimum absolute atomic E-state index is 0. The molecule has 0 aliphatic rings. The molecule has 1 rings (SSSR count). The van der Waals surface area contributed by atoms with Gasteiger partial charge in [-0.05, 0) is 25.7 Å². The number of rotatable bonds is 25. The summed E-state index contributed by atoms with van der Waals surface area (Å²) in [5.41, 5.74) is 1.53. The molecule has 0 amide bonds. The van der Waals surface area contributed by atoms with Gasteiger partial charge in [-0.1, -0.05) is 154 Å². The van der Waals surface area contributed by atoms with E-state index in [1.54, 1.807) is 0 Å². The lowest BCUT2D eigenvalue weighted by atomic mass is 10.0. The normalized spacial score (nSPS) is 11.5. The molecule has 2 heteroatoms. The monoisotopic (exact) mass is 507 g/mol. The molecule has 0 N–H and O–H groups in total. The summed E-state index contributed by atoms with van der Waals surface area (Å²) < 4.78 is 1.32. The third kappa shape index (κ3) is 19.3. The quantitative estimate of drug-likeness (QED) is 0.0932. The van der Waals surface area contributed by atoms with Gasteiger partial charge in [0.15, 0.2) is 0 Å². The van der Waals surface area contributed by atoms with Gasteiger partial charge in [-0.3, -0.25) is 0 Å². The molecule has 0 spiro atoms. The van der Waals surface area contributed by atoms with Crippen LogP contribution in [0.4, 0.5) is 0 Å². The first-order chi connectivity index (χ1) is 16.8. The zero-order chi connectivity index (χ0) is 24.6. The van der Waals surface area contributed by atoms with Crippen LogP contribution in [0, 0.1) is 0 Å². The summed E-state index contributed by atoms with van der Waals surface area (Å²) in [6.45, 7) is 12.4. The maximum absolute atomic E-state index is 2.35. The van der Waals surface area contributed by atoms with E-state index in [-0.39, 0.29) is 12.4 Å². The molecule has 0 aliphatic carbocycles. The lowest BCUT2D eigenvalue weighted by Crippen LogP contribution is -3.00. The van der Waals surface area contributed by atoms with Crippen LogP contribution in [-0.4, -0.2) is 24.1 Å².